The van der Waals surface area contributed by atoms with Crippen LogP contribution in [0.25, 0.3) is 0 Å². The molecule has 1 aliphatic carbocycles. The van der Waals surface area contributed by atoms with Crippen LogP contribution in [0.3, 0.4) is 0 Å². The molecule has 3 heterocycles. The Balaban J connectivity index is 0.00000192. The molecule has 4 aliphatic rings. The zero-order chi connectivity index (χ0) is 18.5. The Morgan fingerprint density at radius 3 is 2.64 bits per heavy atom. The average Bonchev–Trinajstić information content (AvgIpc) is 3.37. The molecule has 7 nitrogen and oxygen atoms in total. The van der Waals surface area contributed by atoms with Gasteiger partial charge in [-0.3, -0.25) is 9.59 Å². The standard InChI is InChI=1S/C20H25N3O4.ClH/c21-16-3-1-12-10-22(11-15(12)16)19(24)14-5-6-23(20(14)25)13-2-4-17-18(9-13)27-8-7-26-17;/h2,4,9,12,14-16H,1,3,5-8,10-11,21H2;1H. The normalized spacial score (nSPS) is 31.0. The molecule has 0 radical (unpaired) electrons. The third kappa shape index (κ3) is 3.10. The molecule has 4 atom stereocenters. The monoisotopic (exact) mass is 407 g/mol. The topological polar surface area (TPSA) is 85.1 Å². The lowest BCUT2D eigenvalue weighted by Crippen LogP contribution is -2.40. The molecule has 4 unspecified atom stereocenters. The van der Waals surface area contributed by atoms with Crippen LogP contribution in [0, 0.1) is 17.8 Å². The maximum Gasteiger partial charge on any atom is 0.239 e. The summed E-state index contributed by atoms with van der Waals surface area (Å²) in [5.41, 5.74) is 6.95. The molecule has 152 valence electrons. The molecule has 1 aromatic carbocycles. The molecule has 2 saturated heterocycles. The minimum absolute atomic E-state index is 0. The van der Waals surface area contributed by atoms with E-state index in [-0.39, 0.29) is 30.3 Å². The molecular formula is C20H26ClN3O4. The van der Waals surface area contributed by atoms with Gasteiger partial charge in [-0.15, -0.1) is 12.4 Å². The van der Waals surface area contributed by atoms with Crippen LogP contribution in [0.1, 0.15) is 19.3 Å². The van der Waals surface area contributed by atoms with Crippen molar-refractivity contribution in [2.75, 3.05) is 37.7 Å². The summed E-state index contributed by atoms with van der Waals surface area (Å²) in [7, 11) is 0. The van der Waals surface area contributed by atoms with Crippen molar-refractivity contribution in [3.05, 3.63) is 18.2 Å². The van der Waals surface area contributed by atoms with E-state index in [9.17, 15) is 9.59 Å². The van der Waals surface area contributed by atoms with Crippen molar-refractivity contribution in [2.24, 2.45) is 23.5 Å². The SMILES string of the molecule is Cl.NC1CCC2CN(C(=O)C3CCN(c4ccc5c(c4)OCCO5)C3=O)CC12. The van der Waals surface area contributed by atoms with Gasteiger partial charge in [-0.1, -0.05) is 0 Å². The summed E-state index contributed by atoms with van der Waals surface area (Å²) in [6.07, 6.45) is 2.71. The van der Waals surface area contributed by atoms with Crippen LogP contribution in [-0.4, -0.2) is 55.6 Å². The fraction of sp³-hybridized carbons (Fsp3) is 0.600. The lowest BCUT2D eigenvalue weighted by Gasteiger charge is -2.23. The zero-order valence-electron chi connectivity index (χ0n) is 15.7. The highest BCUT2D eigenvalue weighted by Gasteiger charge is 2.46. The summed E-state index contributed by atoms with van der Waals surface area (Å²) in [6.45, 7) is 3.05. The number of halogens is 1. The lowest BCUT2D eigenvalue weighted by atomic mass is 9.98. The molecule has 28 heavy (non-hydrogen) atoms. The number of fused-ring (bicyclic) bond motifs is 2. The van der Waals surface area contributed by atoms with Crippen LogP contribution in [0.4, 0.5) is 5.69 Å². The Kier molecular flexibility index (Phi) is 5.14. The fourth-order valence-corrected chi connectivity index (χ4v) is 5.07. The Hall–Kier alpha value is -1.99. The number of hydrogen-bond donors (Lipinski definition) is 1. The molecule has 3 fully saturated rings. The van der Waals surface area contributed by atoms with Crippen molar-refractivity contribution in [3.63, 3.8) is 0 Å². The van der Waals surface area contributed by atoms with Gasteiger partial charge in [-0.05, 0) is 43.2 Å². The van der Waals surface area contributed by atoms with Crippen molar-refractivity contribution < 1.29 is 19.1 Å². The van der Waals surface area contributed by atoms with E-state index >= 15 is 0 Å². The third-order valence-corrected chi connectivity index (χ3v) is 6.57. The lowest BCUT2D eigenvalue weighted by molar-refractivity contribution is -0.139. The largest absolute Gasteiger partial charge is 0.486 e. The van der Waals surface area contributed by atoms with Crippen molar-refractivity contribution in [2.45, 2.75) is 25.3 Å². The summed E-state index contributed by atoms with van der Waals surface area (Å²) >= 11 is 0. The van der Waals surface area contributed by atoms with Crippen LogP contribution in [0.15, 0.2) is 18.2 Å². The van der Waals surface area contributed by atoms with Gasteiger partial charge in [0, 0.05) is 37.4 Å². The first-order valence-electron chi connectivity index (χ1n) is 9.87. The maximum absolute atomic E-state index is 13.0. The molecule has 2 N–H and O–H groups in total. The molecule has 0 spiro atoms. The minimum atomic E-state index is -0.576. The first-order valence-corrected chi connectivity index (χ1v) is 9.87. The third-order valence-electron chi connectivity index (χ3n) is 6.57. The first kappa shape index (κ1) is 19.3. The van der Waals surface area contributed by atoms with Gasteiger partial charge in [-0.25, -0.2) is 0 Å². The summed E-state index contributed by atoms with van der Waals surface area (Å²) in [4.78, 5) is 29.5. The van der Waals surface area contributed by atoms with Gasteiger partial charge in [0.1, 0.15) is 19.1 Å². The maximum atomic E-state index is 13.0. The van der Waals surface area contributed by atoms with Crippen LogP contribution in [-0.2, 0) is 9.59 Å². The molecule has 8 heteroatoms. The summed E-state index contributed by atoms with van der Waals surface area (Å²) in [6, 6.07) is 5.71. The van der Waals surface area contributed by atoms with Crippen molar-refractivity contribution >= 4 is 29.9 Å². The highest BCUT2D eigenvalue weighted by Crippen LogP contribution is 2.39. The molecule has 1 saturated carbocycles. The summed E-state index contributed by atoms with van der Waals surface area (Å²) in [5, 5.41) is 0. The number of nitrogens with two attached hydrogens (primary N) is 1. The van der Waals surface area contributed by atoms with Gasteiger partial charge in [0.05, 0.1) is 0 Å². The van der Waals surface area contributed by atoms with Crippen molar-refractivity contribution in [1.29, 1.82) is 0 Å². The Morgan fingerprint density at radius 1 is 1.07 bits per heavy atom. The van der Waals surface area contributed by atoms with Crippen LogP contribution >= 0.6 is 12.4 Å². The number of likely N-dealkylation sites (tertiary alicyclic amines) is 1. The summed E-state index contributed by atoms with van der Waals surface area (Å²) < 4.78 is 11.2. The van der Waals surface area contributed by atoms with E-state index in [0.717, 1.165) is 25.1 Å². The van der Waals surface area contributed by atoms with Crippen LogP contribution < -0.4 is 20.1 Å². The number of ether oxygens (including phenoxy) is 2. The number of benzene rings is 1. The molecule has 1 aromatic rings. The van der Waals surface area contributed by atoms with E-state index in [0.29, 0.717) is 56.1 Å². The first-order chi connectivity index (χ1) is 13.1. The van der Waals surface area contributed by atoms with Gasteiger partial charge in [0.15, 0.2) is 11.5 Å². The van der Waals surface area contributed by atoms with Crippen LogP contribution in [0.5, 0.6) is 11.5 Å². The second kappa shape index (κ2) is 7.44. The fourth-order valence-electron chi connectivity index (χ4n) is 5.07. The zero-order valence-corrected chi connectivity index (χ0v) is 16.5. The minimum Gasteiger partial charge on any atom is -0.486 e. The predicted octanol–water partition coefficient (Wildman–Crippen LogP) is 1.43. The molecular weight excluding hydrogens is 382 g/mol. The molecule has 0 bridgehead atoms. The Labute approximate surface area is 170 Å². The van der Waals surface area contributed by atoms with Gasteiger partial charge in [-0.2, -0.15) is 0 Å². The number of hydrogen-bond acceptors (Lipinski definition) is 5. The van der Waals surface area contributed by atoms with E-state index in [1.54, 1.807) is 4.90 Å². The smallest absolute Gasteiger partial charge is 0.239 e. The highest BCUT2D eigenvalue weighted by molar-refractivity contribution is 6.09. The number of amides is 2. The number of nitrogens with zero attached hydrogens (tertiary/aromatic N) is 2. The van der Waals surface area contributed by atoms with E-state index in [1.165, 1.54) is 0 Å². The van der Waals surface area contributed by atoms with Crippen molar-refractivity contribution in [3.8, 4) is 11.5 Å². The Morgan fingerprint density at radius 2 is 1.86 bits per heavy atom. The van der Waals surface area contributed by atoms with Gasteiger partial charge < -0.3 is 25.0 Å². The second-order valence-corrected chi connectivity index (χ2v) is 8.07. The van der Waals surface area contributed by atoms with Gasteiger partial charge >= 0.3 is 0 Å². The number of anilines is 1. The second-order valence-electron chi connectivity index (χ2n) is 8.07. The van der Waals surface area contributed by atoms with Crippen LogP contribution in [0.2, 0.25) is 0 Å². The molecule has 5 rings (SSSR count). The number of carbonyl (C=O) groups is 2. The van der Waals surface area contributed by atoms with E-state index in [4.69, 9.17) is 15.2 Å². The molecule has 2 amide bonds. The van der Waals surface area contributed by atoms with Gasteiger partial charge in [0.25, 0.3) is 0 Å². The van der Waals surface area contributed by atoms with E-state index < -0.39 is 5.92 Å². The average molecular weight is 408 g/mol. The van der Waals surface area contributed by atoms with Crippen molar-refractivity contribution in [1.82, 2.24) is 4.90 Å². The van der Waals surface area contributed by atoms with E-state index in [1.807, 2.05) is 23.1 Å². The number of carbonyl (C=O) groups excluding carboxylic acids is 2. The summed E-state index contributed by atoms with van der Waals surface area (Å²) in [5.74, 6) is 1.55. The quantitative estimate of drug-likeness (QED) is 0.749. The molecule has 3 aliphatic heterocycles. The number of rotatable bonds is 2. The highest BCUT2D eigenvalue weighted by atomic mass is 35.5. The van der Waals surface area contributed by atoms with E-state index in [2.05, 4.69) is 0 Å². The molecule has 0 aromatic heterocycles. The van der Waals surface area contributed by atoms with Gasteiger partial charge in [0.2, 0.25) is 11.8 Å². The predicted molar refractivity (Wildman–Crippen MR) is 106 cm³/mol. The Bertz CT molecular complexity index is 789.